The predicted octanol–water partition coefficient (Wildman–Crippen LogP) is 2.32. The van der Waals surface area contributed by atoms with E-state index >= 15 is 0 Å². The van der Waals surface area contributed by atoms with E-state index in [4.69, 9.17) is 4.52 Å². The van der Waals surface area contributed by atoms with Crippen molar-refractivity contribution < 1.29 is 9.32 Å². The Bertz CT molecular complexity index is 568. The van der Waals surface area contributed by atoms with Gasteiger partial charge in [0.1, 0.15) is 6.26 Å². The SMILES string of the molecule is O=C(Cc1ccon1)N1CCCC(Nc2ccccc2)C1. The Morgan fingerprint density at radius 2 is 2.19 bits per heavy atom. The second-order valence-corrected chi connectivity index (χ2v) is 5.36. The van der Waals surface area contributed by atoms with E-state index in [1.54, 1.807) is 6.07 Å². The number of piperidine rings is 1. The third-order valence-electron chi connectivity index (χ3n) is 3.74. The van der Waals surface area contributed by atoms with E-state index in [9.17, 15) is 4.79 Å². The van der Waals surface area contributed by atoms with E-state index in [2.05, 4.69) is 22.6 Å². The lowest BCUT2D eigenvalue weighted by molar-refractivity contribution is -0.131. The van der Waals surface area contributed by atoms with Gasteiger partial charge in [-0.3, -0.25) is 4.79 Å². The van der Waals surface area contributed by atoms with Crippen molar-refractivity contribution >= 4 is 11.6 Å². The highest BCUT2D eigenvalue weighted by molar-refractivity contribution is 5.78. The molecule has 0 spiro atoms. The Balaban J connectivity index is 1.56. The summed E-state index contributed by atoms with van der Waals surface area (Å²) < 4.78 is 4.77. The smallest absolute Gasteiger partial charge is 0.228 e. The van der Waals surface area contributed by atoms with Crippen LogP contribution in [-0.2, 0) is 11.2 Å². The summed E-state index contributed by atoms with van der Waals surface area (Å²) in [7, 11) is 0. The van der Waals surface area contributed by atoms with Gasteiger partial charge < -0.3 is 14.7 Å². The zero-order chi connectivity index (χ0) is 14.5. The molecule has 2 heterocycles. The number of carbonyl (C=O) groups is 1. The Labute approximate surface area is 123 Å². The van der Waals surface area contributed by atoms with E-state index in [-0.39, 0.29) is 5.91 Å². The summed E-state index contributed by atoms with van der Waals surface area (Å²) in [5.74, 6) is 0.114. The van der Waals surface area contributed by atoms with Crippen LogP contribution in [0.5, 0.6) is 0 Å². The van der Waals surface area contributed by atoms with Crippen molar-refractivity contribution in [1.29, 1.82) is 0 Å². The summed E-state index contributed by atoms with van der Waals surface area (Å²) in [6, 6.07) is 12.2. The first kappa shape index (κ1) is 13.7. The monoisotopic (exact) mass is 285 g/mol. The van der Waals surface area contributed by atoms with Crippen LogP contribution in [0.25, 0.3) is 0 Å². The molecule has 3 rings (SSSR count). The number of rotatable bonds is 4. The number of carbonyl (C=O) groups excluding carboxylic acids is 1. The van der Waals surface area contributed by atoms with Gasteiger partial charge in [0.25, 0.3) is 0 Å². The highest BCUT2D eigenvalue weighted by Crippen LogP contribution is 2.16. The van der Waals surface area contributed by atoms with Crippen molar-refractivity contribution in [2.45, 2.75) is 25.3 Å². The minimum atomic E-state index is 0.114. The molecule has 1 aromatic heterocycles. The van der Waals surface area contributed by atoms with Gasteiger partial charge in [-0.15, -0.1) is 0 Å². The molecule has 1 unspecified atom stereocenters. The van der Waals surface area contributed by atoms with E-state index in [0.717, 1.165) is 31.6 Å². The van der Waals surface area contributed by atoms with Crippen molar-refractivity contribution in [1.82, 2.24) is 10.1 Å². The molecular formula is C16H19N3O2. The van der Waals surface area contributed by atoms with Crippen molar-refractivity contribution in [2.75, 3.05) is 18.4 Å². The number of nitrogens with zero attached hydrogens (tertiary/aromatic N) is 2. The number of benzene rings is 1. The average Bonchev–Trinajstić information content (AvgIpc) is 3.01. The topological polar surface area (TPSA) is 58.4 Å². The molecule has 0 aliphatic carbocycles. The summed E-state index contributed by atoms with van der Waals surface area (Å²) in [5, 5.41) is 7.30. The largest absolute Gasteiger partial charge is 0.381 e. The fraction of sp³-hybridized carbons (Fsp3) is 0.375. The van der Waals surface area contributed by atoms with Gasteiger partial charge in [0.05, 0.1) is 12.1 Å². The second-order valence-electron chi connectivity index (χ2n) is 5.36. The highest BCUT2D eigenvalue weighted by atomic mass is 16.5. The molecule has 110 valence electrons. The van der Waals surface area contributed by atoms with E-state index in [0.29, 0.717) is 18.2 Å². The van der Waals surface area contributed by atoms with Gasteiger partial charge in [-0.1, -0.05) is 23.4 Å². The Morgan fingerprint density at radius 3 is 2.95 bits per heavy atom. The number of para-hydroxylation sites is 1. The predicted molar refractivity (Wildman–Crippen MR) is 79.9 cm³/mol. The quantitative estimate of drug-likeness (QED) is 0.936. The van der Waals surface area contributed by atoms with Gasteiger partial charge in [-0.2, -0.15) is 0 Å². The molecule has 1 aliphatic heterocycles. The normalized spacial score (nSPS) is 18.5. The van der Waals surface area contributed by atoms with Crippen LogP contribution < -0.4 is 5.32 Å². The standard InChI is InChI=1S/C16H19N3O2/c20-16(11-14-8-10-21-18-14)19-9-4-7-15(12-19)17-13-5-2-1-3-6-13/h1-3,5-6,8,10,15,17H,4,7,9,11-12H2. The first-order chi connectivity index (χ1) is 10.3. The Hall–Kier alpha value is -2.30. The number of amides is 1. The van der Waals surface area contributed by atoms with Gasteiger partial charge >= 0.3 is 0 Å². The molecule has 21 heavy (non-hydrogen) atoms. The number of aromatic nitrogens is 1. The van der Waals surface area contributed by atoms with Crippen LogP contribution >= 0.6 is 0 Å². The lowest BCUT2D eigenvalue weighted by Crippen LogP contribution is -2.45. The number of likely N-dealkylation sites (tertiary alicyclic amines) is 1. The summed E-state index contributed by atoms with van der Waals surface area (Å²) >= 11 is 0. The number of hydrogen-bond acceptors (Lipinski definition) is 4. The van der Waals surface area contributed by atoms with Crippen molar-refractivity contribution in [3.05, 3.63) is 48.4 Å². The van der Waals surface area contributed by atoms with Gasteiger partial charge in [0.15, 0.2) is 0 Å². The van der Waals surface area contributed by atoms with Crippen LogP contribution in [0.4, 0.5) is 5.69 Å². The van der Waals surface area contributed by atoms with Crippen LogP contribution in [0.2, 0.25) is 0 Å². The summed E-state index contributed by atoms with van der Waals surface area (Å²) in [5.41, 5.74) is 1.80. The molecule has 1 N–H and O–H groups in total. The number of hydrogen-bond donors (Lipinski definition) is 1. The first-order valence-electron chi connectivity index (χ1n) is 7.30. The molecule has 2 aromatic rings. The van der Waals surface area contributed by atoms with E-state index in [1.165, 1.54) is 6.26 Å². The average molecular weight is 285 g/mol. The molecule has 1 aliphatic rings. The van der Waals surface area contributed by atoms with Gasteiger partial charge in [0, 0.05) is 30.9 Å². The van der Waals surface area contributed by atoms with Gasteiger partial charge in [0.2, 0.25) is 5.91 Å². The molecule has 1 amide bonds. The number of anilines is 1. The minimum absolute atomic E-state index is 0.114. The second kappa shape index (κ2) is 6.43. The molecule has 1 saturated heterocycles. The van der Waals surface area contributed by atoms with Gasteiger partial charge in [-0.25, -0.2) is 0 Å². The Kier molecular flexibility index (Phi) is 4.19. The number of nitrogens with one attached hydrogen (secondary N) is 1. The van der Waals surface area contributed by atoms with E-state index in [1.807, 2.05) is 23.1 Å². The first-order valence-corrected chi connectivity index (χ1v) is 7.30. The molecule has 1 fully saturated rings. The molecule has 0 radical (unpaired) electrons. The van der Waals surface area contributed by atoms with Crippen LogP contribution in [0.3, 0.4) is 0 Å². The third-order valence-corrected chi connectivity index (χ3v) is 3.74. The summed E-state index contributed by atoms with van der Waals surface area (Å²) in [4.78, 5) is 14.2. The maximum Gasteiger partial charge on any atom is 0.228 e. The maximum atomic E-state index is 12.3. The zero-order valence-corrected chi connectivity index (χ0v) is 11.9. The van der Waals surface area contributed by atoms with Gasteiger partial charge in [-0.05, 0) is 25.0 Å². The van der Waals surface area contributed by atoms with Crippen LogP contribution in [0.15, 0.2) is 47.2 Å². The van der Waals surface area contributed by atoms with Crippen LogP contribution in [-0.4, -0.2) is 35.1 Å². The summed E-state index contributed by atoms with van der Waals surface area (Å²) in [6.45, 7) is 1.56. The molecule has 0 saturated carbocycles. The van der Waals surface area contributed by atoms with Crippen LogP contribution in [0, 0.1) is 0 Å². The van der Waals surface area contributed by atoms with Crippen LogP contribution in [0.1, 0.15) is 18.5 Å². The van der Waals surface area contributed by atoms with Crippen molar-refractivity contribution in [2.24, 2.45) is 0 Å². The summed E-state index contributed by atoms with van der Waals surface area (Å²) in [6.07, 6.45) is 3.92. The van der Waals surface area contributed by atoms with Crippen molar-refractivity contribution in [3.63, 3.8) is 0 Å². The third kappa shape index (κ3) is 3.62. The minimum Gasteiger partial charge on any atom is -0.381 e. The maximum absolute atomic E-state index is 12.3. The fourth-order valence-corrected chi connectivity index (χ4v) is 2.69. The molecule has 5 nitrogen and oxygen atoms in total. The van der Waals surface area contributed by atoms with E-state index < -0.39 is 0 Å². The molecule has 0 bridgehead atoms. The Morgan fingerprint density at radius 1 is 1.33 bits per heavy atom. The van der Waals surface area contributed by atoms with Crippen molar-refractivity contribution in [3.8, 4) is 0 Å². The highest BCUT2D eigenvalue weighted by Gasteiger charge is 2.24. The zero-order valence-electron chi connectivity index (χ0n) is 11.9. The fourth-order valence-electron chi connectivity index (χ4n) is 2.69. The molecule has 5 heteroatoms. The molecule has 1 atom stereocenters. The lowest BCUT2D eigenvalue weighted by Gasteiger charge is -2.33. The molecule has 1 aromatic carbocycles. The molecular weight excluding hydrogens is 266 g/mol. The lowest BCUT2D eigenvalue weighted by atomic mass is 10.0.